The fourth-order valence-corrected chi connectivity index (χ4v) is 8.25. The number of rotatable bonds is 15. The van der Waals surface area contributed by atoms with Crippen LogP contribution in [0, 0.1) is 0 Å². The van der Waals surface area contributed by atoms with Crippen LogP contribution in [-0.2, 0) is 43.6 Å². The molecule has 2 aromatic heterocycles. The molecule has 7 atom stereocenters. The molecule has 16 heteroatoms. The number of esters is 2. The summed E-state index contributed by atoms with van der Waals surface area (Å²) in [5, 5.41) is 10.1. The lowest BCUT2D eigenvalue weighted by Crippen LogP contribution is -2.41. The highest BCUT2D eigenvalue weighted by molar-refractivity contribution is 9.10. The normalized spacial score (nSPS) is 23.2. The van der Waals surface area contributed by atoms with Crippen molar-refractivity contribution in [3.8, 4) is 5.75 Å². The third-order valence-electron chi connectivity index (χ3n) is 10.2. The van der Waals surface area contributed by atoms with E-state index >= 15 is 0 Å². The molecule has 0 radical (unpaired) electrons. The standard InChI is InChI=1S/C42H43BrN4O11/c1-5-20-53-35-31(46-24-44-38-34(39(46)51)45-41(43)47(38)40-37(57-26(3)50)36(56-25(2)49)32(21-48)58-40)22-54-33(35)23-55-42(27-12-8-6-9-13-27,28-14-10-7-11-15-28)29-16-18-30(52-4)19-17-29/h5-19,24,31-33,35-37,40,48H,1,20-23H2,2-4H3/t31-,32-,33-,35-,36-,37-,40-/m1/s1. The van der Waals surface area contributed by atoms with Gasteiger partial charge in [0.05, 0.1) is 39.6 Å². The number of aliphatic hydroxyl groups excluding tert-OH is 1. The lowest BCUT2D eigenvalue weighted by atomic mass is 9.80. The molecule has 2 saturated heterocycles. The number of ether oxygens (including phenoxy) is 7. The minimum atomic E-state index is -1.20. The maximum Gasteiger partial charge on any atom is 0.303 e. The van der Waals surface area contributed by atoms with Gasteiger partial charge in [-0.3, -0.25) is 23.5 Å². The highest BCUT2D eigenvalue weighted by Gasteiger charge is 2.51. The van der Waals surface area contributed by atoms with Gasteiger partial charge in [0.2, 0.25) is 0 Å². The Bertz CT molecular complexity index is 2250. The lowest BCUT2D eigenvalue weighted by Gasteiger charge is -2.37. The first-order chi connectivity index (χ1) is 28.1. The van der Waals surface area contributed by atoms with Gasteiger partial charge in [0.1, 0.15) is 36.0 Å². The molecule has 3 aromatic carbocycles. The van der Waals surface area contributed by atoms with Crippen LogP contribution >= 0.6 is 15.9 Å². The SMILES string of the molecule is C=CCO[C@@H]1[C@H](n2cnc3c(nc(Br)n3[C@@H]3O[C@H](CO)[C@@H](OC(C)=O)[C@H]3OC(C)=O)c2=O)CO[C@@H]1COC(c1ccccc1)(c1ccccc1)c1ccc(OC)cc1. The van der Waals surface area contributed by atoms with Crippen LogP contribution in [0.1, 0.15) is 42.8 Å². The monoisotopic (exact) mass is 858 g/mol. The number of aliphatic hydroxyl groups is 1. The maximum atomic E-state index is 14.4. The lowest BCUT2D eigenvalue weighted by molar-refractivity contribution is -0.165. The Morgan fingerprint density at radius 3 is 2.14 bits per heavy atom. The van der Waals surface area contributed by atoms with E-state index in [1.54, 1.807) is 13.2 Å². The third-order valence-corrected chi connectivity index (χ3v) is 10.8. The van der Waals surface area contributed by atoms with E-state index < -0.39 is 72.5 Å². The van der Waals surface area contributed by atoms with Gasteiger partial charge in [-0.2, -0.15) is 0 Å². The Kier molecular flexibility index (Phi) is 12.5. The van der Waals surface area contributed by atoms with E-state index in [0.717, 1.165) is 16.7 Å². The minimum absolute atomic E-state index is 0.0371. The summed E-state index contributed by atoms with van der Waals surface area (Å²) in [5.41, 5.74) is 1.11. The molecule has 58 heavy (non-hydrogen) atoms. The summed E-state index contributed by atoms with van der Waals surface area (Å²) in [6, 6.07) is 26.9. The van der Waals surface area contributed by atoms with Crippen molar-refractivity contribution in [1.82, 2.24) is 19.1 Å². The molecule has 1 N–H and O–H groups in total. The number of carbonyl (C=O) groups is 2. The highest BCUT2D eigenvalue weighted by Crippen LogP contribution is 2.43. The van der Waals surface area contributed by atoms with Gasteiger partial charge in [-0.1, -0.05) is 78.9 Å². The molecule has 0 saturated carbocycles. The number of nitrogens with zero attached hydrogens (tertiary/aromatic N) is 4. The molecule has 15 nitrogen and oxygen atoms in total. The van der Waals surface area contributed by atoms with Gasteiger partial charge >= 0.3 is 11.9 Å². The van der Waals surface area contributed by atoms with Crippen molar-refractivity contribution < 1.29 is 47.9 Å². The van der Waals surface area contributed by atoms with E-state index in [4.69, 9.17) is 33.2 Å². The summed E-state index contributed by atoms with van der Waals surface area (Å²) in [4.78, 5) is 47.6. The van der Waals surface area contributed by atoms with Crippen LogP contribution in [-0.4, -0.2) is 100 Å². The Morgan fingerprint density at radius 2 is 1.55 bits per heavy atom. The van der Waals surface area contributed by atoms with Crippen molar-refractivity contribution in [2.45, 2.75) is 62.2 Å². The van der Waals surface area contributed by atoms with Crippen molar-refractivity contribution in [2.24, 2.45) is 0 Å². The first kappa shape index (κ1) is 40.9. The van der Waals surface area contributed by atoms with Crippen LogP contribution < -0.4 is 10.3 Å². The molecule has 2 fully saturated rings. The van der Waals surface area contributed by atoms with Crippen LogP contribution in [0.2, 0.25) is 0 Å². The molecule has 0 aliphatic carbocycles. The van der Waals surface area contributed by atoms with Crippen molar-refractivity contribution >= 4 is 39.0 Å². The van der Waals surface area contributed by atoms with E-state index in [1.807, 2.05) is 84.9 Å². The van der Waals surface area contributed by atoms with Crippen molar-refractivity contribution in [3.63, 3.8) is 0 Å². The molecule has 0 unspecified atom stereocenters. The van der Waals surface area contributed by atoms with E-state index in [1.165, 1.54) is 29.3 Å². The zero-order chi connectivity index (χ0) is 41.0. The second-order valence-electron chi connectivity index (χ2n) is 13.8. The van der Waals surface area contributed by atoms with Gasteiger partial charge in [0, 0.05) is 13.8 Å². The Hall–Kier alpha value is -5.23. The second-order valence-corrected chi connectivity index (χ2v) is 14.5. The summed E-state index contributed by atoms with van der Waals surface area (Å²) in [6.07, 6.45) is -2.92. The number of aromatic nitrogens is 4. The fraction of sp³-hybridized carbons (Fsp3) is 0.357. The minimum Gasteiger partial charge on any atom is -0.497 e. The van der Waals surface area contributed by atoms with Crippen LogP contribution in [0.15, 0.2) is 113 Å². The van der Waals surface area contributed by atoms with Crippen molar-refractivity contribution in [2.75, 3.05) is 33.5 Å². The number of hydrogen-bond acceptors (Lipinski definition) is 13. The molecule has 0 spiro atoms. The molecule has 5 aromatic rings. The summed E-state index contributed by atoms with van der Waals surface area (Å²) in [6.45, 7) is 5.98. The quantitative estimate of drug-likeness (QED) is 0.0669. The van der Waals surface area contributed by atoms with Gasteiger partial charge in [0.25, 0.3) is 5.56 Å². The second kappa shape index (κ2) is 17.7. The summed E-state index contributed by atoms with van der Waals surface area (Å²) >= 11 is 3.42. The fourth-order valence-electron chi connectivity index (χ4n) is 7.70. The number of benzene rings is 3. The van der Waals surface area contributed by atoms with Gasteiger partial charge < -0.3 is 38.3 Å². The Balaban J connectivity index is 1.23. The predicted octanol–water partition coefficient (Wildman–Crippen LogP) is 4.64. The summed E-state index contributed by atoms with van der Waals surface area (Å²) in [7, 11) is 1.62. The zero-order valence-electron chi connectivity index (χ0n) is 32.0. The smallest absolute Gasteiger partial charge is 0.303 e. The first-order valence-electron chi connectivity index (χ1n) is 18.6. The predicted molar refractivity (Wildman–Crippen MR) is 212 cm³/mol. The maximum absolute atomic E-state index is 14.4. The van der Waals surface area contributed by atoms with Gasteiger partial charge in [0.15, 0.2) is 34.3 Å². The van der Waals surface area contributed by atoms with Gasteiger partial charge in [-0.05, 0) is 44.8 Å². The molecule has 2 aliphatic rings. The molecular formula is C42H43BrN4O11. The average molecular weight is 860 g/mol. The van der Waals surface area contributed by atoms with E-state index in [0.29, 0.717) is 5.75 Å². The molecular weight excluding hydrogens is 816 g/mol. The van der Waals surface area contributed by atoms with Crippen LogP contribution in [0.3, 0.4) is 0 Å². The topological polar surface area (TPSA) is 172 Å². The number of imidazole rings is 1. The van der Waals surface area contributed by atoms with Gasteiger partial charge in [-0.25, -0.2) is 9.97 Å². The molecule has 4 heterocycles. The number of halogens is 1. The number of hydrogen-bond donors (Lipinski definition) is 1. The molecule has 7 rings (SSSR count). The Morgan fingerprint density at radius 1 is 0.931 bits per heavy atom. The largest absolute Gasteiger partial charge is 0.497 e. The summed E-state index contributed by atoms with van der Waals surface area (Å²) in [5.74, 6) is -0.640. The first-order valence-corrected chi connectivity index (χ1v) is 19.4. The number of methoxy groups -OCH3 is 1. The van der Waals surface area contributed by atoms with Gasteiger partial charge in [-0.15, -0.1) is 6.58 Å². The molecule has 304 valence electrons. The van der Waals surface area contributed by atoms with E-state index in [2.05, 4.69) is 32.5 Å². The molecule has 0 amide bonds. The van der Waals surface area contributed by atoms with Crippen LogP contribution in [0.4, 0.5) is 0 Å². The van der Waals surface area contributed by atoms with Crippen LogP contribution in [0.5, 0.6) is 5.75 Å². The zero-order valence-corrected chi connectivity index (χ0v) is 33.6. The summed E-state index contributed by atoms with van der Waals surface area (Å²) < 4.78 is 45.3. The molecule has 2 aliphatic heterocycles. The Labute approximate surface area is 342 Å². The highest BCUT2D eigenvalue weighted by atomic mass is 79.9. The van der Waals surface area contributed by atoms with E-state index in [-0.39, 0.29) is 35.7 Å². The van der Waals surface area contributed by atoms with Crippen molar-refractivity contribution in [3.05, 3.63) is 136 Å². The third kappa shape index (κ3) is 7.83. The van der Waals surface area contributed by atoms with Crippen molar-refractivity contribution in [1.29, 1.82) is 0 Å². The van der Waals surface area contributed by atoms with E-state index in [9.17, 15) is 19.5 Å². The number of fused-ring (bicyclic) bond motifs is 1. The number of carbonyl (C=O) groups excluding carboxylic acids is 2. The average Bonchev–Trinajstić information content (AvgIpc) is 3.90. The van der Waals surface area contributed by atoms with Crippen LogP contribution in [0.25, 0.3) is 11.2 Å². The molecule has 0 bridgehead atoms.